The predicted octanol–water partition coefficient (Wildman–Crippen LogP) is 3.13. The van der Waals surface area contributed by atoms with E-state index in [0.717, 1.165) is 0 Å². The van der Waals surface area contributed by atoms with E-state index < -0.39 is 18.3 Å². The van der Waals surface area contributed by atoms with E-state index in [1.807, 2.05) is 6.07 Å². The Morgan fingerprint density at radius 2 is 2.08 bits per heavy atom. The van der Waals surface area contributed by atoms with Crippen LogP contribution in [0.5, 0.6) is 5.88 Å². The first-order chi connectivity index (χ1) is 12.5. The summed E-state index contributed by atoms with van der Waals surface area (Å²) < 4.78 is 33.9. The Balaban J connectivity index is 1.68. The number of pyridine rings is 1. The van der Waals surface area contributed by atoms with Gasteiger partial charge in [0.05, 0.1) is 17.6 Å². The minimum atomic E-state index is -2.91. The Morgan fingerprint density at radius 3 is 2.73 bits per heavy atom. The molecule has 1 saturated heterocycles. The van der Waals surface area contributed by atoms with Crippen LogP contribution >= 0.6 is 0 Å². The summed E-state index contributed by atoms with van der Waals surface area (Å²) in [6.45, 7) is -0.342. The lowest BCUT2D eigenvalue weighted by Crippen LogP contribution is -2.51. The number of piperidine rings is 1. The molecule has 0 radical (unpaired) electrons. The zero-order valence-electron chi connectivity index (χ0n) is 13.9. The molecule has 0 bridgehead atoms. The Bertz CT molecular complexity index is 804. The molecule has 7 heteroatoms. The second-order valence-corrected chi connectivity index (χ2v) is 6.13. The van der Waals surface area contributed by atoms with Crippen molar-refractivity contribution in [2.24, 2.45) is 5.92 Å². The van der Waals surface area contributed by atoms with Gasteiger partial charge in [-0.05, 0) is 30.3 Å². The number of nitriles is 1. The maximum Gasteiger partial charge on any atom is 0.257 e. The molecule has 1 aromatic carbocycles. The van der Waals surface area contributed by atoms with Crippen molar-refractivity contribution in [3.05, 3.63) is 59.8 Å². The molecule has 0 aliphatic carbocycles. The van der Waals surface area contributed by atoms with Gasteiger partial charge in [-0.3, -0.25) is 4.79 Å². The van der Waals surface area contributed by atoms with Gasteiger partial charge in [0.15, 0.2) is 0 Å². The fraction of sp³-hybridized carbons (Fsp3) is 0.316. The molecule has 5 nitrogen and oxygen atoms in total. The van der Waals surface area contributed by atoms with Crippen LogP contribution < -0.4 is 4.74 Å². The molecule has 1 unspecified atom stereocenters. The number of hydrogen-bond acceptors (Lipinski definition) is 4. The van der Waals surface area contributed by atoms with Gasteiger partial charge in [0.2, 0.25) is 5.88 Å². The molecule has 3 rings (SSSR count). The first-order valence-electron chi connectivity index (χ1n) is 8.21. The summed E-state index contributed by atoms with van der Waals surface area (Å²) in [5.41, 5.74) is 0.812. The molecule has 1 aliphatic heterocycles. The minimum absolute atomic E-state index is 0.0219. The van der Waals surface area contributed by atoms with E-state index in [0.29, 0.717) is 11.1 Å². The van der Waals surface area contributed by atoms with Gasteiger partial charge < -0.3 is 9.64 Å². The molecule has 1 atom stereocenters. The number of halogens is 2. The zero-order chi connectivity index (χ0) is 18.6. The van der Waals surface area contributed by atoms with Crippen LogP contribution in [0.15, 0.2) is 48.7 Å². The number of alkyl halides is 2. The number of ether oxygens (including phenoxy) is 1. The SMILES string of the molecule is N#Cc1ccc(C(=O)N2CCC(F)(F)C(COc3ccccn3)C2)cc1. The second kappa shape index (κ2) is 7.48. The molecule has 1 aromatic heterocycles. The molecule has 1 fully saturated rings. The number of nitrogens with zero attached hydrogens (tertiary/aromatic N) is 3. The summed E-state index contributed by atoms with van der Waals surface area (Å²) >= 11 is 0. The number of amides is 1. The van der Waals surface area contributed by atoms with E-state index in [1.54, 1.807) is 18.2 Å². The number of carbonyl (C=O) groups is 1. The standard InChI is InChI=1S/C19H17F2N3O2/c20-19(21)8-10-24(18(25)15-6-4-14(11-22)5-7-15)12-16(19)13-26-17-3-1-2-9-23-17/h1-7,9,16H,8,10,12-13H2. The minimum Gasteiger partial charge on any atom is -0.477 e. The van der Waals surface area contributed by atoms with Crippen molar-refractivity contribution < 1.29 is 18.3 Å². The molecule has 2 aromatic rings. The summed E-state index contributed by atoms with van der Waals surface area (Å²) in [7, 11) is 0. The highest BCUT2D eigenvalue weighted by molar-refractivity contribution is 5.94. The lowest BCUT2D eigenvalue weighted by molar-refractivity contribution is -0.110. The fourth-order valence-electron chi connectivity index (χ4n) is 2.83. The van der Waals surface area contributed by atoms with Gasteiger partial charge in [-0.15, -0.1) is 0 Å². The van der Waals surface area contributed by atoms with Crippen molar-refractivity contribution in [3.63, 3.8) is 0 Å². The monoisotopic (exact) mass is 357 g/mol. The van der Waals surface area contributed by atoms with Crippen LogP contribution in [0.2, 0.25) is 0 Å². The van der Waals surface area contributed by atoms with Gasteiger partial charge in [-0.2, -0.15) is 5.26 Å². The number of likely N-dealkylation sites (tertiary alicyclic amines) is 1. The first kappa shape index (κ1) is 17.8. The predicted molar refractivity (Wildman–Crippen MR) is 89.8 cm³/mol. The summed E-state index contributed by atoms with van der Waals surface area (Å²) in [4.78, 5) is 17.9. The quantitative estimate of drug-likeness (QED) is 0.843. The number of hydrogen-bond donors (Lipinski definition) is 0. The third-order valence-electron chi connectivity index (χ3n) is 4.37. The van der Waals surface area contributed by atoms with Gasteiger partial charge in [0, 0.05) is 37.3 Å². The van der Waals surface area contributed by atoms with Gasteiger partial charge in [-0.1, -0.05) is 6.07 Å². The smallest absolute Gasteiger partial charge is 0.257 e. The van der Waals surface area contributed by atoms with E-state index in [4.69, 9.17) is 10.00 Å². The summed E-state index contributed by atoms with van der Waals surface area (Å²) in [6, 6.07) is 13.1. The lowest BCUT2D eigenvalue weighted by Gasteiger charge is -2.38. The fourth-order valence-corrected chi connectivity index (χ4v) is 2.83. The molecular formula is C19H17F2N3O2. The topological polar surface area (TPSA) is 66.2 Å². The molecule has 2 heterocycles. The highest BCUT2D eigenvalue weighted by atomic mass is 19.3. The Hall–Kier alpha value is -3.01. The average molecular weight is 357 g/mol. The molecule has 1 amide bonds. The van der Waals surface area contributed by atoms with Gasteiger partial charge in [-0.25, -0.2) is 13.8 Å². The molecule has 134 valence electrons. The van der Waals surface area contributed by atoms with E-state index in [1.165, 1.54) is 35.4 Å². The van der Waals surface area contributed by atoms with Gasteiger partial charge in [0.1, 0.15) is 6.61 Å². The summed E-state index contributed by atoms with van der Waals surface area (Å²) in [6.07, 6.45) is 1.11. The van der Waals surface area contributed by atoms with Crippen molar-refractivity contribution in [2.75, 3.05) is 19.7 Å². The van der Waals surface area contributed by atoms with Crippen molar-refractivity contribution in [1.29, 1.82) is 5.26 Å². The number of aromatic nitrogens is 1. The average Bonchev–Trinajstić information content (AvgIpc) is 2.67. The van der Waals surface area contributed by atoms with Crippen LogP contribution in [0.3, 0.4) is 0 Å². The van der Waals surface area contributed by atoms with E-state index in [2.05, 4.69) is 4.98 Å². The Kier molecular flexibility index (Phi) is 5.12. The van der Waals surface area contributed by atoms with Crippen molar-refractivity contribution >= 4 is 5.91 Å². The number of carbonyl (C=O) groups excluding carboxylic acids is 1. The second-order valence-electron chi connectivity index (χ2n) is 6.13. The van der Waals surface area contributed by atoms with Crippen LogP contribution in [-0.4, -0.2) is 41.4 Å². The first-order valence-corrected chi connectivity index (χ1v) is 8.21. The van der Waals surface area contributed by atoms with Crippen molar-refractivity contribution in [3.8, 4) is 11.9 Å². The van der Waals surface area contributed by atoms with Crippen LogP contribution in [0, 0.1) is 17.2 Å². The maximum absolute atomic E-state index is 14.2. The number of benzene rings is 1. The molecule has 26 heavy (non-hydrogen) atoms. The zero-order valence-corrected chi connectivity index (χ0v) is 13.9. The van der Waals surface area contributed by atoms with Crippen LogP contribution in [0.4, 0.5) is 8.78 Å². The van der Waals surface area contributed by atoms with Gasteiger partial charge in [0.25, 0.3) is 11.8 Å². The third kappa shape index (κ3) is 3.97. The summed E-state index contributed by atoms with van der Waals surface area (Å²) in [5.74, 6) is -4.07. The maximum atomic E-state index is 14.2. The lowest BCUT2D eigenvalue weighted by atomic mass is 9.93. The molecule has 0 N–H and O–H groups in total. The van der Waals surface area contributed by atoms with Crippen LogP contribution in [0.25, 0.3) is 0 Å². The summed E-state index contributed by atoms with van der Waals surface area (Å²) in [5, 5.41) is 8.81. The Morgan fingerprint density at radius 1 is 1.31 bits per heavy atom. The molecular weight excluding hydrogens is 340 g/mol. The van der Waals surface area contributed by atoms with Gasteiger partial charge >= 0.3 is 0 Å². The van der Waals surface area contributed by atoms with Crippen LogP contribution in [0.1, 0.15) is 22.3 Å². The largest absolute Gasteiger partial charge is 0.477 e. The molecule has 0 saturated carbocycles. The van der Waals surface area contributed by atoms with Crippen molar-refractivity contribution in [1.82, 2.24) is 9.88 Å². The third-order valence-corrected chi connectivity index (χ3v) is 4.37. The Labute approximate surface area is 149 Å². The highest BCUT2D eigenvalue weighted by Crippen LogP contribution is 2.34. The van der Waals surface area contributed by atoms with E-state index >= 15 is 0 Å². The van der Waals surface area contributed by atoms with Crippen molar-refractivity contribution in [2.45, 2.75) is 12.3 Å². The normalized spacial score (nSPS) is 18.8. The van der Waals surface area contributed by atoms with E-state index in [-0.39, 0.29) is 31.5 Å². The highest BCUT2D eigenvalue weighted by Gasteiger charge is 2.45. The van der Waals surface area contributed by atoms with Crippen LogP contribution in [-0.2, 0) is 0 Å². The number of rotatable bonds is 4. The molecule has 0 spiro atoms. The molecule has 1 aliphatic rings. The van der Waals surface area contributed by atoms with E-state index in [9.17, 15) is 13.6 Å².